The molecule has 1 aromatic rings. The number of rotatable bonds is 5. The lowest BCUT2D eigenvalue weighted by Crippen LogP contribution is -2.72. The van der Waals surface area contributed by atoms with Gasteiger partial charge in [-0.15, -0.1) is 0 Å². The predicted molar refractivity (Wildman–Crippen MR) is 151 cm³/mol. The molecule has 0 spiro atoms. The van der Waals surface area contributed by atoms with Crippen LogP contribution in [0.5, 0.6) is 0 Å². The lowest BCUT2D eigenvalue weighted by atomic mass is 9.47. The van der Waals surface area contributed by atoms with Crippen LogP contribution in [0.15, 0.2) is 30.3 Å². The monoisotopic (exact) mass is 598 g/mol. The molecule has 1 N–H and O–H groups in total. The number of aliphatic hydroxyl groups is 1. The van der Waals surface area contributed by atoms with Gasteiger partial charge in [0.15, 0.2) is 11.4 Å². The molecule has 43 heavy (non-hydrogen) atoms. The van der Waals surface area contributed by atoms with Gasteiger partial charge < -0.3 is 24.1 Å². The molecule has 0 aromatic heterocycles. The SMILES string of the molecule is CC(=O)O[C@@H]1[C@]2(O)C[C@@H](C)[C@@H](OC(=O)c3ccccc3)[C@H]2[C@H](OC(C)=O)[C@@]2(C)C[C@]3(OC(C)=O)C(=O)C(C)(C)C[C@@H]3[C@@]12C. The van der Waals surface area contributed by atoms with Crippen LogP contribution in [0.3, 0.4) is 0 Å². The van der Waals surface area contributed by atoms with Crippen molar-refractivity contribution >= 4 is 29.7 Å². The van der Waals surface area contributed by atoms with Crippen molar-refractivity contribution < 1.29 is 48.0 Å². The quantitative estimate of drug-likeness (QED) is 0.393. The van der Waals surface area contributed by atoms with Crippen LogP contribution in [0, 0.1) is 34.0 Å². The summed E-state index contributed by atoms with van der Waals surface area (Å²) in [6.07, 6.45) is -2.89. The maximum Gasteiger partial charge on any atom is 0.338 e. The molecule has 0 unspecified atom stereocenters. The standard InChI is InChI=1S/C33H42O10/c1-17-14-32(39)23(24(17)42-26(37)21-12-10-9-11-13-21)25(40-18(2)34)30(7)16-33(43-20(4)36)22(15-29(5,6)27(33)38)31(30,8)28(32)41-19(3)35/h9-13,17,22-25,28,39H,14-16H2,1-8H3/t17-,22-,23+,24-,25+,28+,30-,31+,32+,33-/m1/s1. The Balaban J connectivity index is 1.73. The van der Waals surface area contributed by atoms with Crippen molar-refractivity contribution in [2.24, 2.45) is 34.0 Å². The fraction of sp³-hybridized carbons (Fsp3) is 0.667. The maximum absolute atomic E-state index is 14.2. The Morgan fingerprint density at radius 3 is 2.02 bits per heavy atom. The molecule has 4 saturated carbocycles. The summed E-state index contributed by atoms with van der Waals surface area (Å²) in [5, 5.41) is 12.8. The van der Waals surface area contributed by atoms with E-state index in [9.17, 15) is 29.1 Å². The topological polar surface area (TPSA) is 143 Å². The van der Waals surface area contributed by atoms with Crippen molar-refractivity contribution in [1.29, 1.82) is 0 Å². The van der Waals surface area contributed by atoms with E-state index in [1.54, 1.807) is 44.2 Å². The zero-order valence-electron chi connectivity index (χ0n) is 26.1. The minimum Gasteiger partial charge on any atom is -0.461 e. The minimum absolute atomic E-state index is 0.0287. The third-order valence-corrected chi connectivity index (χ3v) is 11.1. The van der Waals surface area contributed by atoms with Crippen LogP contribution in [0.2, 0.25) is 0 Å². The molecule has 10 atom stereocenters. The first-order valence-corrected chi connectivity index (χ1v) is 14.9. The van der Waals surface area contributed by atoms with Crippen molar-refractivity contribution in [3.05, 3.63) is 35.9 Å². The van der Waals surface area contributed by atoms with E-state index in [4.69, 9.17) is 18.9 Å². The largest absolute Gasteiger partial charge is 0.461 e. The number of fused-ring (bicyclic) bond motifs is 4. The number of ether oxygens (including phenoxy) is 4. The van der Waals surface area contributed by atoms with E-state index >= 15 is 0 Å². The highest BCUT2D eigenvalue weighted by Crippen LogP contribution is 2.77. The second-order valence-corrected chi connectivity index (χ2v) is 14.3. The molecule has 0 bridgehead atoms. The number of carbonyl (C=O) groups is 5. The summed E-state index contributed by atoms with van der Waals surface area (Å²) in [5.41, 5.74) is -6.35. The number of esters is 4. The van der Waals surface area contributed by atoms with E-state index in [2.05, 4.69) is 0 Å². The normalized spacial score (nSPS) is 42.3. The Morgan fingerprint density at radius 2 is 1.47 bits per heavy atom. The second-order valence-electron chi connectivity index (χ2n) is 14.3. The van der Waals surface area contributed by atoms with Gasteiger partial charge >= 0.3 is 23.9 Å². The summed E-state index contributed by atoms with van der Waals surface area (Å²) in [6.45, 7) is 12.8. The molecule has 0 saturated heterocycles. The number of hydrogen-bond acceptors (Lipinski definition) is 10. The van der Waals surface area contributed by atoms with Gasteiger partial charge in [-0.2, -0.15) is 0 Å². The Bertz CT molecular complexity index is 1370. The smallest absolute Gasteiger partial charge is 0.338 e. The molecule has 4 fully saturated rings. The van der Waals surface area contributed by atoms with E-state index < -0.39 is 87.4 Å². The Kier molecular flexibility index (Phi) is 7.16. The first-order valence-electron chi connectivity index (χ1n) is 14.9. The van der Waals surface area contributed by atoms with Crippen molar-refractivity contribution in [2.75, 3.05) is 0 Å². The van der Waals surface area contributed by atoms with E-state index in [0.717, 1.165) is 0 Å². The molecular formula is C33H42O10. The van der Waals surface area contributed by atoms with Gasteiger partial charge in [-0.3, -0.25) is 19.2 Å². The molecule has 5 rings (SSSR count). The molecule has 0 radical (unpaired) electrons. The molecule has 0 amide bonds. The minimum atomic E-state index is -1.82. The lowest BCUT2D eigenvalue weighted by molar-refractivity contribution is -0.284. The molecular weight excluding hydrogens is 556 g/mol. The summed E-state index contributed by atoms with van der Waals surface area (Å²) in [6, 6.07) is 8.43. The fourth-order valence-corrected chi connectivity index (χ4v) is 9.60. The first-order chi connectivity index (χ1) is 19.8. The summed E-state index contributed by atoms with van der Waals surface area (Å²) < 4.78 is 24.2. The lowest BCUT2D eigenvalue weighted by Gasteiger charge is -2.62. The van der Waals surface area contributed by atoms with E-state index in [0.29, 0.717) is 12.0 Å². The molecule has 10 heteroatoms. The van der Waals surface area contributed by atoms with Crippen molar-refractivity contribution in [3.63, 3.8) is 0 Å². The van der Waals surface area contributed by atoms with Gasteiger partial charge in [0.05, 0.1) is 11.5 Å². The fourth-order valence-electron chi connectivity index (χ4n) is 9.60. The van der Waals surface area contributed by atoms with Crippen LogP contribution in [-0.2, 0) is 38.1 Å². The van der Waals surface area contributed by atoms with Gasteiger partial charge in [-0.05, 0) is 30.9 Å². The summed E-state index contributed by atoms with van der Waals surface area (Å²) in [5.74, 6) is -4.89. The summed E-state index contributed by atoms with van der Waals surface area (Å²) >= 11 is 0. The van der Waals surface area contributed by atoms with Crippen molar-refractivity contribution in [3.8, 4) is 0 Å². The van der Waals surface area contributed by atoms with E-state index in [-0.39, 0.29) is 18.6 Å². The van der Waals surface area contributed by atoms with Crippen LogP contribution in [-0.4, -0.2) is 64.3 Å². The average molecular weight is 599 g/mol. The van der Waals surface area contributed by atoms with Gasteiger partial charge in [-0.1, -0.05) is 52.8 Å². The second kappa shape index (κ2) is 9.87. The van der Waals surface area contributed by atoms with Crippen LogP contribution in [0.4, 0.5) is 0 Å². The average Bonchev–Trinajstić information content (AvgIpc) is 3.34. The molecule has 234 valence electrons. The highest BCUT2D eigenvalue weighted by molar-refractivity contribution is 5.97. The number of carbonyl (C=O) groups excluding carboxylic acids is 5. The highest BCUT2D eigenvalue weighted by Gasteiger charge is 2.86. The number of benzene rings is 1. The maximum atomic E-state index is 14.2. The molecule has 4 aliphatic carbocycles. The molecule has 0 aliphatic heterocycles. The van der Waals surface area contributed by atoms with Gasteiger partial charge in [-0.25, -0.2) is 4.79 Å². The molecule has 10 nitrogen and oxygen atoms in total. The number of hydrogen-bond donors (Lipinski definition) is 1. The third-order valence-electron chi connectivity index (χ3n) is 11.1. The zero-order valence-corrected chi connectivity index (χ0v) is 26.1. The third kappa shape index (κ3) is 4.26. The zero-order chi connectivity index (χ0) is 31.9. The van der Waals surface area contributed by atoms with E-state index in [1.165, 1.54) is 20.8 Å². The van der Waals surface area contributed by atoms with Gasteiger partial charge in [0.2, 0.25) is 0 Å². The predicted octanol–water partition coefficient (Wildman–Crippen LogP) is 3.81. The van der Waals surface area contributed by atoms with Gasteiger partial charge in [0, 0.05) is 49.4 Å². The first kappa shape index (κ1) is 31.2. The van der Waals surface area contributed by atoms with Crippen LogP contribution >= 0.6 is 0 Å². The van der Waals surface area contributed by atoms with Crippen LogP contribution in [0.25, 0.3) is 0 Å². The van der Waals surface area contributed by atoms with E-state index in [1.807, 2.05) is 20.8 Å². The van der Waals surface area contributed by atoms with Crippen LogP contribution < -0.4 is 0 Å². The van der Waals surface area contributed by atoms with Crippen molar-refractivity contribution in [2.45, 2.75) is 104 Å². The summed E-state index contributed by atoms with van der Waals surface area (Å²) in [4.78, 5) is 65.6. The van der Waals surface area contributed by atoms with Crippen LogP contribution in [0.1, 0.15) is 85.0 Å². The molecule has 1 aromatic carbocycles. The highest BCUT2D eigenvalue weighted by atomic mass is 16.6. The summed E-state index contributed by atoms with van der Waals surface area (Å²) in [7, 11) is 0. The Labute approximate surface area is 251 Å². The Hall–Kier alpha value is -3.27. The molecule has 4 aliphatic rings. The number of Topliss-reactive ketones (excluding diaryl/α,β-unsaturated/α-hetero) is 1. The molecule has 0 heterocycles. The Morgan fingerprint density at radius 1 is 0.860 bits per heavy atom. The number of ketones is 1. The van der Waals surface area contributed by atoms with Gasteiger partial charge in [0.25, 0.3) is 0 Å². The van der Waals surface area contributed by atoms with Gasteiger partial charge in [0.1, 0.15) is 23.9 Å². The van der Waals surface area contributed by atoms with Crippen molar-refractivity contribution in [1.82, 2.24) is 0 Å².